The summed E-state index contributed by atoms with van der Waals surface area (Å²) in [6.45, 7) is 5.59. The van der Waals surface area contributed by atoms with Crippen molar-refractivity contribution in [3.05, 3.63) is 33.2 Å². The van der Waals surface area contributed by atoms with E-state index >= 15 is 0 Å². The van der Waals surface area contributed by atoms with Crippen molar-refractivity contribution >= 4 is 5.97 Å². The minimum Gasteiger partial charge on any atom is -0.462 e. The SMILES string of the molecule is C#CCn1c(C)c(C(=O)OCC)c(C)cc1=O. The lowest BCUT2D eigenvalue weighted by Crippen LogP contribution is -2.25. The second kappa shape index (κ2) is 5.35. The first kappa shape index (κ1) is 13.0. The Balaban J connectivity index is 3.41. The van der Waals surface area contributed by atoms with E-state index in [1.54, 1.807) is 20.8 Å². The Morgan fingerprint density at radius 1 is 1.53 bits per heavy atom. The molecular weight excluding hydrogens is 218 g/mol. The van der Waals surface area contributed by atoms with Gasteiger partial charge in [0.25, 0.3) is 5.56 Å². The Morgan fingerprint density at radius 3 is 2.71 bits per heavy atom. The molecule has 1 aromatic heterocycles. The van der Waals surface area contributed by atoms with Gasteiger partial charge in [0, 0.05) is 11.8 Å². The molecule has 0 saturated carbocycles. The molecular formula is C13H15NO3. The Morgan fingerprint density at radius 2 is 2.18 bits per heavy atom. The molecule has 4 heteroatoms. The Hall–Kier alpha value is -2.02. The van der Waals surface area contributed by atoms with Gasteiger partial charge in [0.15, 0.2) is 0 Å². The number of terminal acetylenes is 1. The molecule has 1 aromatic rings. The normalized spacial score (nSPS) is 9.76. The van der Waals surface area contributed by atoms with Crippen LogP contribution in [-0.4, -0.2) is 17.1 Å². The van der Waals surface area contributed by atoms with Gasteiger partial charge in [0.05, 0.1) is 18.7 Å². The summed E-state index contributed by atoms with van der Waals surface area (Å²) in [5.41, 5.74) is 1.37. The van der Waals surface area contributed by atoms with E-state index in [0.29, 0.717) is 23.4 Å². The molecule has 0 saturated heterocycles. The van der Waals surface area contributed by atoms with Gasteiger partial charge < -0.3 is 9.30 Å². The maximum absolute atomic E-state index is 11.8. The summed E-state index contributed by atoms with van der Waals surface area (Å²) in [6.07, 6.45) is 5.20. The molecule has 0 aromatic carbocycles. The van der Waals surface area contributed by atoms with Crippen molar-refractivity contribution < 1.29 is 9.53 Å². The van der Waals surface area contributed by atoms with E-state index in [2.05, 4.69) is 5.92 Å². The molecule has 0 bridgehead atoms. The highest BCUT2D eigenvalue weighted by atomic mass is 16.5. The standard InChI is InChI=1S/C13H15NO3/c1-5-7-14-10(4)12(13(16)17-6-2)9(3)8-11(14)15/h1,8H,6-7H2,2-4H3. The molecule has 0 aliphatic heterocycles. The van der Waals surface area contributed by atoms with Crippen molar-refractivity contribution in [2.45, 2.75) is 27.3 Å². The van der Waals surface area contributed by atoms with Crippen LogP contribution in [0.2, 0.25) is 0 Å². The molecule has 90 valence electrons. The molecule has 0 unspecified atom stereocenters. The van der Waals surface area contributed by atoms with Crippen molar-refractivity contribution in [1.82, 2.24) is 4.57 Å². The number of esters is 1. The number of ether oxygens (including phenoxy) is 1. The minimum absolute atomic E-state index is 0.150. The molecule has 4 nitrogen and oxygen atoms in total. The van der Waals surface area contributed by atoms with Crippen LogP contribution in [-0.2, 0) is 11.3 Å². The van der Waals surface area contributed by atoms with Gasteiger partial charge in [-0.3, -0.25) is 4.79 Å². The summed E-state index contributed by atoms with van der Waals surface area (Å²) in [4.78, 5) is 23.5. The lowest BCUT2D eigenvalue weighted by atomic mass is 10.1. The van der Waals surface area contributed by atoms with Crippen LogP contribution in [0.15, 0.2) is 10.9 Å². The fourth-order valence-corrected chi connectivity index (χ4v) is 1.72. The Kier molecular flexibility index (Phi) is 4.11. The summed E-state index contributed by atoms with van der Waals surface area (Å²) in [5.74, 6) is 1.97. The molecule has 1 heterocycles. The zero-order valence-electron chi connectivity index (χ0n) is 10.2. The lowest BCUT2D eigenvalue weighted by molar-refractivity contribution is 0.0523. The third-order valence-electron chi connectivity index (χ3n) is 2.50. The first-order chi connectivity index (χ1) is 8.02. The number of nitrogens with zero attached hydrogens (tertiary/aromatic N) is 1. The predicted octanol–water partition coefficient (Wildman–Crippen LogP) is 1.28. The molecule has 0 aliphatic rings. The molecule has 1 rings (SSSR count). The smallest absolute Gasteiger partial charge is 0.340 e. The van der Waals surface area contributed by atoms with Crippen LogP contribution in [0, 0.1) is 26.2 Å². The summed E-state index contributed by atoms with van der Waals surface area (Å²) in [5, 5.41) is 0. The van der Waals surface area contributed by atoms with Gasteiger partial charge in [-0.15, -0.1) is 6.42 Å². The number of hydrogen-bond donors (Lipinski definition) is 0. The van der Waals surface area contributed by atoms with E-state index in [0.717, 1.165) is 0 Å². The van der Waals surface area contributed by atoms with Crippen LogP contribution in [0.3, 0.4) is 0 Å². The second-order valence-corrected chi connectivity index (χ2v) is 3.64. The topological polar surface area (TPSA) is 48.3 Å². The molecule has 0 amide bonds. The van der Waals surface area contributed by atoms with E-state index in [1.165, 1.54) is 10.6 Å². The van der Waals surface area contributed by atoms with Crippen LogP contribution in [0.4, 0.5) is 0 Å². The number of hydrogen-bond acceptors (Lipinski definition) is 3. The second-order valence-electron chi connectivity index (χ2n) is 3.64. The number of carbonyl (C=O) groups is 1. The molecule has 0 fully saturated rings. The highest BCUT2D eigenvalue weighted by Crippen LogP contribution is 2.12. The molecule has 0 aliphatic carbocycles. The van der Waals surface area contributed by atoms with Gasteiger partial charge in [-0.2, -0.15) is 0 Å². The van der Waals surface area contributed by atoms with Gasteiger partial charge in [-0.25, -0.2) is 4.79 Å². The van der Waals surface area contributed by atoms with Gasteiger partial charge in [-0.1, -0.05) is 5.92 Å². The minimum atomic E-state index is -0.423. The number of aryl methyl sites for hydroxylation is 1. The Bertz CT molecular complexity index is 535. The summed E-state index contributed by atoms with van der Waals surface area (Å²) in [6, 6.07) is 1.40. The highest BCUT2D eigenvalue weighted by Gasteiger charge is 2.17. The molecule has 0 spiro atoms. The van der Waals surface area contributed by atoms with E-state index < -0.39 is 5.97 Å². The maximum atomic E-state index is 11.8. The zero-order valence-corrected chi connectivity index (χ0v) is 10.2. The number of rotatable bonds is 3. The van der Waals surface area contributed by atoms with Gasteiger partial charge in [-0.05, 0) is 26.3 Å². The third-order valence-corrected chi connectivity index (χ3v) is 2.50. The van der Waals surface area contributed by atoms with Crippen LogP contribution >= 0.6 is 0 Å². The summed E-state index contributed by atoms with van der Waals surface area (Å²) in [7, 11) is 0. The van der Waals surface area contributed by atoms with Crippen molar-refractivity contribution in [2.75, 3.05) is 6.61 Å². The van der Waals surface area contributed by atoms with Crippen LogP contribution in [0.25, 0.3) is 0 Å². The van der Waals surface area contributed by atoms with Gasteiger partial charge >= 0.3 is 5.97 Å². The lowest BCUT2D eigenvalue weighted by Gasteiger charge is -2.13. The van der Waals surface area contributed by atoms with Crippen LogP contribution in [0.5, 0.6) is 0 Å². The highest BCUT2D eigenvalue weighted by molar-refractivity contribution is 5.92. The molecule has 0 N–H and O–H groups in total. The predicted molar refractivity (Wildman–Crippen MR) is 65.0 cm³/mol. The summed E-state index contributed by atoms with van der Waals surface area (Å²) < 4.78 is 6.34. The van der Waals surface area contributed by atoms with Crippen LogP contribution in [0.1, 0.15) is 28.5 Å². The van der Waals surface area contributed by atoms with Crippen molar-refractivity contribution in [3.8, 4) is 12.3 Å². The first-order valence-corrected chi connectivity index (χ1v) is 5.34. The largest absolute Gasteiger partial charge is 0.462 e. The maximum Gasteiger partial charge on any atom is 0.340 e. The number of aromatic nitrogens is 1. The number of pyridine rings is 1. The van der Waals surface area contributed by atoms with Gasteiger partial charge in [0.2, 0.25) is 0 Å². The van der Waals surface area contributed by atoms with Crippen molar-refractivity contribution in [3.63, 3.8) is 0 Å². The third kappa shape index (κ3) is 2.56. The molecule has 0 radical (unpaired) electrons. The van der Waals surface area contributed by atoms with E-state index in [1.807, 2.05) is 0 Å². The fraction of sp³-hybridized carbons (Fsp3) is 0.385. The van der Waals surface area contributed by atoms with Gasteiger partial charge in [0.1, 0.15) is 0 Å². The average molecular weight is 233 g/mol. The number of carbonyl (C=O) groups excluding carboxylic acids is 1. The first-order valence-electron chi connectivity index (χ1n) is 5.34. The average Bonchev–Trinajstić information content (AvgIpc) is 2.24. The van der Waals surface area contributed by atoms with Crippen molar-refractivity contribution in [2.24, 2.45) is 0 Å². The quantitative estimate of drug-likeness (QED) is 0.583. The van der Waals surface area contributed by atoms with E-state index in [-0.39, 0.29) is 12.1 Å². The zero-order chi connectivity index (χ0) is 13.0. The summed E-state index contributed by atoms with van der Waals surface area (Å²) >= 11 is 0. The monoisotopic (exact) mass is 233 g/mol. The van der Waals surface area contributed by atoms with E-state index in [9.17, 15) is 9.59 Å². The fourth-order valence-electron chi connectivity index (χ4n) is 1.72. The Labute approximate surface area is 100 Å². The van der Waals surface area contributed by atoms with E-state index in [4.69, 9.17) is 11.2 Å². The molecule has 0 atom stereocenters. The molecule has 17 heavy (non-hydrogen) atoms. The van der Waals surface area contributed by atoms with Crippen LogP contribution < -0.4 is 5.56 Å². The van der Waals surface area contributed by atoms with Crippen molar-refractivity contribution in [1.29, 1.82) is 0 Å².